The van der Waals surface area contributed by atoms with Gasteiger partial charge in [0.2, 0.25) is 0 Å². The van der Waals surface area contributed by atoms with Crippen LogP contribution < -0.4 is 15.2 Å². The molecule has 0 amide bonds. The number of nitrogens with two attached hydrogens (primary N) is 1. The van der Waals surface area contributed by atoms with Crippen molar-refractivity contribution in [2.24, 2.45) is 11.1 Å². The third-order valence-electron chi connectivity index (χ3n) is 3.56. The smallest absolute Gasteiger partial charge is 0.161 e. The molecule has 1 aromatic rings. The summed E-state index contributed by atoms with van der Waals surface area (Å²) in [6.07, 6.45) is 1.58. The fraction of sp³-hybridized carbons (Fsp3) is 0.600. The Bertz CT molecular complexity index is 356. The molecule has 0 aliphatic carbocycles. The van der Waals surface area contributed by atoms with Gasteiger partial charge in [-0.15, -0.1) is 0 Å². The van der Waals surface area contributed by atoms with Gasteiger partial charge in [0.05, 0.1) is 19.8 Å². The van der Waals surface area contributed by atoms with Gasteiger partial charge < -0.3 is 20.3 Å². The Hall–Kier alpha value is -1.26. The average molecular weight is 267 g/mol. The average Bonchev–Trinajstić information content (AvgIpc) is 2.46. The topological polar surface area (TPSA) is 64.7 Å². The Morgan fingerprint density at radius 3 is 2.26 bits per heavy atom. The molecule has 4 heteroatoms. The predicted octanol–water partition coefficient (Wildman–Crippen LogP) is 2.20. The fourth-order valence-electron chi connectivity index (χ4n) is 1.90. The lowest BCUT2D eigenvalue weighted by Gasteiger charge is -2.28. The SMILES string of the molecule is CCOc1ccccc1OCCC(CC)(CN)CO. The van der Waals surface area contributed by atoms with E-state index in [1.807, 2.05) is 38.1 Å². The molecular weight excluding hydrogens is 242 g/mol. The third-order valence-corrected chi connectivity index (χ3v) is 3.56. The summed E-state index contributed by atoms with van der Waals surface area (Å²) in [4.78, 5) is 0. The molecule has 0 aliphatic rings. The lowest BCUT2D eigenvalue weighted by atomic mass is 9.83. The first kappa shape index (κ1) is 15.8. The van der Waals surface area contributed by atoms with Crippen LogP contribution in [0, 0.1) is 5.41 Å². The summed E-state index contributed by atoms with van der Waals surface area (Å²) in [5, 5.41) is 9.45. The van der Waals surface area contributed by atoms with Crippen LogP contribution >= 0.6 is 0 Å². The zero-order valence-corrected chi connectivity index (χ0v) is 11.9. The van der Waals surface area contributed by atoms with Crippen LogP contribution in [-0.4, -0.2) is 31.5 Å². The highest BCUT2D eigenvalue weighted by Crippen LogP contribution is 2.29. The summed E-state index contributed by atoms with van der Waals surface area (Å²) in [5.74, 6) is 1.49. The molecule has 0 saturated heterocycles. The molecule has 3 N–H and O–H groups in total. The molecule has 0 bridgehead atoms. The van der Waals surface area contributed by atoms with Crippen LogP contribution in [0.2, 0.25) is 0 Å². The van der Waals surface area contributed by atoms with Crippen molar-refractivity contribution < 1.29 is 14.6 Å². The van der Waals surface area contributed by atoms with Gasteiger partial charge in [0.25, 0.3) is 0 Å². The van der Waals surface area contributed by atoms with Crippen molar-refractivity contribution in [3.8, 4) is 11.5 Å². The van der Waals surface area contributed by atoms with Gasteiger partial charge in [0.15, 0.2) is 11.5 Å². The second-order valence-electron chi connectivity index (χ2n) is 4.69. The van der Waals surface area contributed by atoms with Crippen molar-refractivity contribution in [3.63, 3.8) is 0 Å². The van der Waals surface area contributed by atoms with Gasteiger partial charge >= 0.3 is 0 Å². The minimum Gasteiger partial charge on any atom is -0.490 e. The Labute approximate surface area is 115 Å². The first-order valence-corrected chi connectivity index (χ1v) is 6.87. The number of para-hydroxylation sites is 2. The number of benzene rings is 1. The van der Waals surface area contributed by atoms with Crippen LogP contribution in [0.1, 0.15) is 26.7 Å². The van der Waals surface area contributed by atoms with Crippen molar-refractivity contribution in [2.45, 2.75) is 26.7 Å². The van der Waals surface area contributed by atoms with E-state index in [2.05, 4.69) is 0 Å². The molecule has 108 valence electrons. The highest BCUT2D eigenvalue weighted by Gasteiger charge is 2.25. The van der Waals surface area contributed by atoms with E-state index in [0.29, 0.717) is 19.8 Å². The van der Waals surface area contributed by atoms with Crippen LogP contribution in [0.5, 0.6) is 11.5 Å². The molecule has 19 heavy (non-hydrogen) atoms. The Morgan fingerprint density at radius 1 is 1.16 bits per heavy atom. The van der Waals surface area contributed by atoms with Crippen LogP contribution in [0.15, 0.2) is 24.3 Å². The molecule has 0 fully saturated rings. The molecule has 0 spiro atoms. The summed E-state index contributed by atoms with van der Waals surface area (Å²) in [6, 6.07) is 7.61. The van der Waals surface area contributed by atoms with Crippen molar-refractivity contribution in [3.05, 3.63) is 24.3 Å². The monoisotopic (exact) mass is 267 g/mol. The van der Waals surface area contributed by atoms with Crippen molar-refractivity contribution in [2.75, 3.05) is 26.4 Å². The second-order valence-corrected chi connectivity index (χ2v) is 4.69. The van der Waals surface area contributed by atoms with Crippen molar-refractivity contribution in [1.29, 1.82) is 0 Å². The fourth-order valence-corrected chi connectivity index (χ4v) is 1.90. The van der Waals surface area contributed by atoms with E-state index in [9.17, 15) is 5.11 Å². The van der Waals surface area contributed by atoms with Gasteiger partial charge in [-0.3, -0.25) is 0 Å². The number of hydrogen-bond donors (Lipinski definition) is 2. The van der Waals surface area contributed by atoms with Crippen LogP contribution in [0.25, 0.3) is 0 Å². The van der Waals surface area contributed by atoms with Crippen LogP contribution in [0.3, 0.4) is 0 Å². The van der Waals surface area contributed by atoms with Gasteiger partial charge in [0.1, 0.15) is 0 Å². The summed E-state index contributed by atoms with van der Waals surface area (Å²) in [7, 11) is 0. The molecule has 0 aliphatic heterocycles. The minimum absolute atomic E-state index is 0.0937. The molecule has 0 radical (unpaired) electrons. The molecule has 4 nitrogen and oxygen atoms in total. The molecule has 0 saturated carbocycles. The Kier molecular flexibility index (Phi) is 6.67. The first-order valence-electron chi connectivity index (χ1n) is 6.87. The van der Waals surface area contributed by atoms with E-state index in [4.69, 9.17) is 15.2 Å². The molecule has 1 rings (SSSR count). The second kappa shape index (κ2) is 8.02. The molecule has 1 unspecified atom stereocenters. The maximum atomic E-state index is 9.45. The predicted molar refractivity (Wildman–Crippen MR) is 76.6 cm³/mol. The number of rotatable bonds is 9. The molecule has 1 aromatic carbocycles. The summed E-state index contributed by atoms with van der Waals surface area (Å²) in [6.45, 7) is 5.68. The van der Waals surface area contributed by atoms with Crippen molar-refractivity contribution >= 4 is 0 Å². The van der Waals surface area contributed by atoms with E-state index >= 15 is 0 Å². The van der Waals surface area contributed by atoms with E-state index in [1.54, 1.807) is 0 Å². The van der Waals surface area contributed by atoms with E-state index in [0.717, 1.165) is 24.3 Å². The molecular formula is C15H25NO3. The minimum atomic E-state index is -0.236. The van der Waals surface area contributed by atoms with Crippen LogP contribution in [0.4, 0.5) is 0 Å². The van der Waals surface area contributed by atoms with Gasteiger partial charge in [-0.1, -0.05) is 19.1 Å². The lowest BCUT2D eigenvalue weighted by molar-refractivity contribution is 0.0975. The zero-order chi connectivity index (χ0) is 14.1. The Balaban J connectivity index is 2.57. The quantitative estimate of drug-likeness (QED) is 0.720. The van der Waals surface area contributed by atoms with Crippen LogP contribution in [-0.2, 0) is 0 Å². The standard InChI is InChI=1S/C15H25NO3/c1-3-15(11-16,12-17)9-10-19-14-8-6-5-7-13(14)18-4-2/h5-8,17H,3-4,9-12,16H2,1-2H3. The van der Waals surface area contributed by atoms with Gasteiger partial charge in [-0.05, 0) is 31.9 Å². The molecule has 0 aromatic heterocycles. The summed E-state index contributed by atoms with van der Waals surface area (Å²) in [5.41, 5.74) is 5.51. The van der Waals surface area contributed by atoms with Gasteiger partial charge in [-0.25, -0.2) is 0 Å². The number of hydrogen-bond acceptors (Lipinski definition) is 4. The molecule has 0 heterocycles. The summed E-state index contributed by atoms with van der Waals surface area (Å²) < 4.78 is 11.3. The Morgan fingerprint density at radius 2 is 1.79 bits per heavy atom. The number of aliphatic hydroxyl groups excluding tert-OH is 1. The van der Waals surface area contributed by atoms with Gasteiger partial charge in [0, 0.05) is 12.0 Å². The van der Waals surface area contributed by atoms with Gasteiger partial charge in [-0.2, -0.15) is 0 Å². The normalized spacial score (nSPS) is 13.9. The number of ether oxygens (including phenoxy) is 2. The molecule has 1 atom stereocenters. The third kappa shape index (κ3) is 4.40. The highest BCUT2D eigenvalue weighted by atomic mass is 16.5. The lowest BCUT2D eigenvalue weighted by Crippen LogP contribution is -2.35. The van der Waals surface area contributed by atoms with Crippen molar-refractivity contribution in [1.82, 2.24) is 0 Å². The zero-order valence-electron chi connectivity index (χ0n) is 11.9. The van der Waals surface area contributed by atoms with E-state index < -0.39 is 0 Å². The van der Waals surface area contributed by atoms with E-state index in [1.165, 1.54) is 0 Å². The van der Waals surface area contributed by atoms with E-state index in [-0.39, 0.29) is 12.0 Å². The highest BCUT2D eigenvalue weighted by molar-refractivity contribution is 5.39. The maximum Gasteiger partial charge on any atom is 0.161 e. The summed E-state index contributed by atoms with van der Waals surface area (Å²) >= 11 is 0. The number of aliphatic hydroxyl groups is 1. The maximum absolute atomic E-state index is 9.45. The largest absolute Gasteiger partial charge is 0.490 e. The first-order chi connectivity index (χ1) is 9.21.